The lowest BCUT2D eigenvalue weighted by Gasteiger charge is -2.20. The molecule has 1 aromatic carbocycles. The van der Waals surface area contributed by atoms with Gasteiger partial charge in [0, 0.05) is 14.1 Å². The lowest BCUT2D eigenvalue weighted by molar-refractivity contribution is -0.119. The van der Waals surface area contributed by atoms with E-state index in [1.165, 1.54) is 14.1 Å². The third-order valence-corrected chi connectivity index (χ3v) is 2.51. The first-order valence-electron chi connectivity index (χ1n) is 5.57. The molecule has 0 spiro atoms. The molecule has 1 aromatic rings. The molecule has 7 heteroatoms. The van der Waals surface area contributed by atoms with Gasteiger partial charge in [-0.05, 0) is 5.56 Å². The summed E-state index contributed by atoms with van der Waals surface area (Å²) in [6.07, 6.45) is 0. The van der Waals surface area contributed by atoms with Crippen LogP contribution >= 0.6 is 0 Å². The number of nitrogens with zero attached hydrogens (tertiary/aromatic N) is 1. The molecule has 0 saturated carbocycles. The van der Waals surface area contributed by atoms with Crippen LogP contribution in [-0.2, 0) is 4.79 Å². The molecule has 0 aliphatic carbocycles. The fourth-order valence-electron chi connectivity index (χ4n) is 1.44. The number of nitrogens with one attached hydrogen (secondary N) is 2. The second-order valence-corrected chi connectivity index (χ2v) is 3.81. The summed E-state index contributed by atoms with van der Waals surface area (Å²) in [5.41, 5.74) is 5.80. The van der Waals surface area contributed by atoms with Crippen LogP contribution in [0, 0.1) is 0 Å². The predicted octanol–water partition coefficient (Wildman–Crippen LogP) is 0.194. The van der Waals surface area contributed by atoms with E-state index in [1.54, 1.807) is 30.3 Å². The number of hydrogen-bond acceptors (Lipinski definition) is 3. The molecule has 7 nitrogen and oxygen atoms in total. The minimum atomic E-state index is -0.985. The van der Waals surface area contributed by atoms with E-state index in [1.807, 2.05) is 0 Å². The Morgan fingerprint density at radius 2 is 1.74 bits per heavy atom. The number of nitrogens with two attached hydrogens (primary N) is 1. The molecule has 19 heavy (non-hydrogen) atoms. The summed E-state index contributed by atoms with van der Waals surface area (Å²) in [4.78, 5) is 35.3. The summed E-state index contributed by atoms with van der Waals surface area (Å²) in [7, 11) is 2.69. The van der Waals surface area contributed by atoms with Crippen LogP contribution in [0.2, 0.25) is 0 Å². The van der Waals surface area contributed by atoms with Crippen LogP contribution in [0.5, 0.6) is 0 Å². The quantitative estimate of drug-likeness (QED) is 0.726. The highest BCUT2D eigenvalue weighted by atomic mass is 16.2. The molecule has 0 fully saturated rings. The van der Waals surface area contributed by atoms with E-state index >= 15 is 0 Å². The smallest absolute Gasteiger partial charge is 0.326 e. The SMILES string of the molecule is CNC(=O)N(C)C(=O)NC(C(N)=O)c1ccccc1. The highest BCUT2D eigenvalue weighted by molar-refractivity contribution is 5.95. The van der Waals surface area contributed by atoms with E-state index in [-0.39, 0.29) is 0 Å². The molecule has 102 valence electrons. The molecule has 0 aliphatic heterocycles. The summed E-state index contributed by atoms with van der Waals surface area (Å²) in [6, 6.07) is 6.26. The summed E-state index contributed by atoms with van der Waals surface area (Å²) >= 11 is 0. The summed E-state index contributed by atoms with van der Waals surface area (Å²) in [6.45, 7) is 0. The van der Waals surface area contributed by atoms with Crippen LogP contribution in [0.3, 0.4) is 0 Å². The Kier molecular flexibility index (Phi) is 4.87. The van der Waals surface area contributed by atoms with Gasteiger partial charge in [0.2, 0.25) is 5.91 Å². The van der Waals surface area contributed by atoms with Gasteiger partial charge in [-0.1, -0.05) is 30.3 Å². The number of urea groups is 2. The maximum absolute atomic E-state index is 11.8. The summed E-state index contributed by atoms with van der Waals surface area (Å²) < 4.78 is 0. The Morgan fingerprint density at radius 1 is 1.16 bits per heavy atom. The first kappa shape index (κ1) is 14.5. The second-order valence-electron chi connectivity index (χ2n) is 3.81. The molecule has 0 aliphatic rings. The van der Waals surface area contributed by atoms with Crippen molar-refractivity contribution in [2.75, 3.05) is 14.1 Å². The van der Waals surface area contributed by atoms with Gasteiger partial charge in [-0.25, -0.2) is 14.5 Å². The number of benzene rings is 1. The van der Waals surface area contributed by atoms with Crippen molar-refractivity contribution >= 4 is 18.0 Å². The Bertz CT molecular complexity index is 475. The van der Waals surface area contributed by atoms with Crippen LogP contribution in [0.4, 0.5) is 9.59 Å². The third-order valence-electron chi connectivity index (χ3n) is 2.51. The number of primary amides is 1. The fourth-order valence-corrected chi connectivity index (χ4v) is 1.44. The second kappa shape index (κ2) is 6.39. The van der Waals surface area contributed by atoms with Crippen LogP contribution in [0.1, 0.15) is 11.6 Å². The van der Waals surface area contributed by atoms with Crippen molar-refractivity contribution in [1.82, 2.24) is 15.5 Å². The lowest BCUT2D eigenvalue weighted by atomic mass is 10.1. The molecule has 1 atom stereocenters. The number of amides is 5. The van der Waals surface area contributed by atoms with Gasteiger partial charge >= 0.3 is 12.1 Å². The predicted molar refractivity (Wildman–Crippen MR) is 69.1 cm³/mol. The van der Waals surface area contributed by atoms with Gasteiger partial charge in [0.15, 0.2) is 0 Å². The minimum Gasteiger partial charge on any atom is -0.368 e. The lowest BCUT2D eigenvalue weighted by Crippen LogP contribution is -2.48. The minimum absolute atomic E-state index is 0.550. The number of carbonyl (C=O) groups is 3. The van der Waals surface area contributed by atoms with Crippen LogP contribution in [0.15, 0.2) is 30.3 Å². The number of rotatable bonds is 3. The summed E-state index contributed by atoms with van der Waals surface area (Å²) in [5, 5.41) is 4.70. The van der Waals surface area contributed by atoms with Crippen molar-refractivity contribution < 1.29 is 14.4 Å². The van der Waals surface area contributed by atoms with Crippen molar-refractivity contribution in [3.8, 4) is 0 Å². The molecule has 0 aromatic heterocycles. The zero-order chi connectivity index (χ0) is 14.4. The van der Waals surface area contributed by atoms with Gasteiger partial charge in [-0.3, -0.25) is 4.79 Å². The average Bonchev–Trinajstić information content (AvgIpc) is 2.43. The topological polar surface area (TPSA) is 105 Å². The monoisotopic (exact) mass is 264 g/mol. The normalized spacial score (nSPS) is 11.3. The highest BCUT2D eigenvalue weighted by Gasteiger charge is 2.23. The Morgan fingerprint density at radius 3 is 2.21 bits per heavy atom. The summed E-state index contributed by atoms with van der Waals surface area (Å²) in [5.74, 6) is -0.704. The molecule has 1 unspecified atom stereocenters. The van der Waals surface area contributed by atoms with Gasteiger partial charge in [-0.2, -0.15) is 0 Å². The maximum Gasteiger partial charge on any atom is 0.326 e. The maximum atomic E-state index is 11.8. The molecule has 1 rings (SSSR count). The first-order valence-corrected chi connectivity index (χ1v) is 5.57. The van der Waals surface area contributed by atoms with E-state index in [0.29, 0.717) is 5.56 Å². The van der Waals surface area contributed by atoms with E-state index in [2.05, 4.69) is 10.6 Å². The van der Waals surface area contributed by atoms with Gasteiger partial charge in [0.1, 0.15) is 6.04 Å². The average molecular weight is 264 g/mol. The van der Waals surface area contributed by atoms with Crippen molar-refractivity contribution in [3.05, 3.63) is 35.9 Å². The van der Waals surface area contributed by atoms with Crippen molar-refractivity contribution in [2.45, 2.75) is 6.04 Å². The van der Waals surface area contributed by atoms with Gasteiger partial charge in [-0.15, -0.1) is 0 Å². The molecule has 0 heterocycles. The van der Waals surface area contributed by atoms with Crippen molar-refractivity contribution in [1.29, 1.82) is 0 Å². The van der Waals surface area contributed by atoms with Crippen molar-refractivity contribution in [2.24, 2.45) is 5.73 Å². The number of carbonyl (C=O) groups excluding carboxylic acids is 3. The Labute approximate surface area is 110 Å². The largest absolute Gasteiger partial charge is 0.368 e. The standard InChI is InChI=1S/C12H16N4O3/c1-14-11(18)16(2)12(19)15-9(10(13)17)8-6-4-3-5-7-8/h3-7,9H,1-2H3,(H2,13,17)(H,14,18)(H,15,19). The molecule has 0 saturated heterocycles. The van der Waals surface area contributed by atoms with Crippen LogP contribution in [0.25, 0.3) is 0 Å². The third kappa shape index (κ3) is 3.70. The molecular weight excluding hydrogens is 248 g/mol. The van der Waals surface area contributed by atoms with Gasteiger partial charge in [0.05, 0.1) is 0 Å². The van der Waals surface area contributed by atoms with E-state index in [0.717, 1.165) is 4.90 Å². The Balaban J connectivity index is 2.84. The number of imide groups is 1. The molecule has 0 bridgehead atoms. The van der Waals surface area contributed by atoms with Crippen LogP contribution < -0.4 is 16.4 Å². The molecule has 4 N–H and O–H groups in total. The van der Waals surface area contributed by atoms with E-state index in [9.17, 15) is 14.4 Å². The van der Waals surface area contributed by atoms with E-state index < -0.39 is 24.0 Å². The first-order chi connectivity index (χ1) is 8.97. The van der Waals surface area contributed by atoms with E-state index in [4.69, 9.17) is 5.73 Å². The molecular formula is C12H16N4O3. The molecule has 5 amide bonds. The van der Waals surface area contributed by atoms with Gasteiger partial charge in [0.25, 0.3) is 0 Å². The number of hydrogen-bond donors (Lipinski definition) is 3. The fraction of sp³-hybridized carbons (Fsp3) is 0.250. The Hall–Kier alpha value is -2.57. The van der Waals surface area contributed by atoms with Crippen molar-refractivity contribution in [3.63, 3.8) is 0 Å². The van der Waals surface area contributed by atoms with Gasteiger partial charge < -0.3 is 16.4 Å². The highest BCUT2D eigenvalue weighted by Crippen LogP contribution is 2.12. The molecule has 0 radical (unpaired) electrons. The van der Waals surface area contributed by atoms with Crippen LogP contribution in [-0.4, -0.2) is 37.0 Å². The zero-order valence-electron chi connectivity index (χ0n) is 10.7. The zero-order valence-corrected chi connectivity index (χ0v) is 10.7.